The fraction of sp³-hybridized carbons (Fsp3) is 0.444. The number of morpholine rings is 1. The van der Waals surface area contributed by atoms with E-state index in [9.17, 15) is 28.3 Å². The minimum absolute atomic E-state index is 0.0423. The quantitative estimate of drug-likeness (QED) is 0.419. The number of nitriles is 1. The molecule has 13 heteroatoms. The van der Waals surface area contributed by atoms with Crippen molar-refractivity contribution in [1.82, 2.24) is 9.80 Å². The van der Waals surface area contributed by atoms with Gasteiger partial charge in [0.15, 0.2) is 0 Å². The highest BCUT2D eigenvalue weighted by molar-refractivity contribution is 6.31. The second kappa shape index (κ2) is 12.5. The summed E-state index contributed by atoms with van der Waals surface area (Å²) < 4.78 is 47.8. The maximum absolute atomic E-state index is 11.7. The first-order valence-corrected chi connectivity index (χ1v) is 12.8. The number of ether oxygens (including phenoxy) is 3. The van der Waals surface area contributed by atoms with Gasteiger partial charge in [0.05, 0.1) is 37.1 Å². The number of rotatable bonds is 5. The van der Waals surface area contributed by atoms with Gasteiger partial charge in [0.25, 0.3) is 0 Å². The number of piperazine rings is 1. The molecule has 1 N–H and O–H groups in total. The molecule has 214 valence electrons. The van der Waals surface area contributed by atoms with Crippen LogP contribution in [0.4, 0.5) is 13.2 Å². The molecule has 3 atom stereocenters. The molecule has 0 aliphatic carbocycles. The molecule has 0 radical (unpaired) electrons. The van der Waals surface area contributed by atoms with Gasteiger partial charge in [-0.05, 0) is 29.8 Å². The minimum atomic E-state index is -4.64. The number of benzene rings is 2. The summed E-state index contributed by atoms with van der Waals surface area (Å²) in [5, 5.41) is 20.5. The molecule has 40 heavy (non-hydrogen) atoms. The van der Waals surface area contributed by atoms with Crippen LogP contribution in [-0.4, -0.2) is 85.8 Å². The highest BCUT2D eigenvalue weighted by Gasteiger charge is 2.35. The Labute approximate surface area is 233 Å². The molecular formula is C27H27ClF3N3O6. The lowest BCUT2D eigenvalue weighted by Crippen LogP contribution is -2.58. The molecule has 1 unspecified atom stereocenters. The lowest BCUT2D eigenvalue weighted by molar-refractivity contribution is -0.156. The third-order valence-electron chi connectivity index (χ3n) is 7.02. The van der Waals surface area contributed by atoms with Gasteiger partial charge in [-0.1, -0.05) is 17.7 Å². The molecule has 0 spiro atoms. The first-order valence-electron chi connectivity index (χ1n) is 12.4. The summed E-state index contributed by atoms with van der Waals surface area (Å²) >= 11 is 6.34. The van der Waals surface area contributed by atoms with E-state index in [1.54, 1.807) is 6.07 Å². The van der Waals surface area contributed by atoms with Crippen LogP contribution < -0.4 is 4.74 Å². The van der Waals surface area contributed by atoms with Crippen molar-refractivity contribution < 1.29 is 42.1 Å². The van der Waals surface area contributed by atoms with Crippen molar-refractivity contribution in [2.24, 2.45) is 0 Å². The van der Waals surface area contributed by atoms with Gasteiger partial charge in [-0.2, -0.15) is 18.4 Å². The summed E-state index contributed by atoms with van der Waals surface area (Å²) in [7, 11) is 1.49. The standard InChI is InChI=1S/C25H26ClN3O5.C2HF3O/c1-32-23-8-20(21(26)7-16(23)9-27)22(30)11-28-4-5-29-12-24(33-14-18(29)10-28)15-2-3-19-17(6-15)13-34-25(19)31;3-2(4,5)1-6/h2-3,6-8,18,22,24,30H,4-5,10-14H2,1H3;1H/t18-,22?,24-;/m0./s1. The summed E-state index contributed by atoms with van der Waals surface area (Å²) in [6.07, 6.45) is -6.54. The number of carbonyl (C=O) groups excluding carboxylic acids is 2. The van der Waals surface area contributed by atoms with Crippen LogP contribution in [0.25, 0.3) is 0 Å². The predicted molar refractivity (Wildman–Crippen MR) is 136 cm³/mol. The van der Waals surface area contributed by atoms with Crippen molar-refractivity contribution >= 4 is 23.9 Å². The average molecular weight is 582 g/mol. The average Bonchev–Trinajstić information content (AvgIpc) is 3.32. The zero-order chi connectivity index (χ0) is 29.0. The molecular weight excluding hydrogens is 555 g/mol. The van der Waals surface area contributed by atoms with Crippen molar-refractivity contribution in [1.29, 1.82) is 5.26 Å². The van der Waals surface area contributed by atoms with Crippen LogP contribution in [-0.2, 0) is 20.9 Å². The molecule has 3 heterocycles. The van der Waals surface area contributed by atoms with Crippen molar-refractivity contribution in [2.45, 2.75) is 31.0 Å². The molecule has 2 aromatic rings. The Bertz CT molecular complexity index is 1300. The third kappa shape index (κ3) is 6.92. The normalized spacial score (nSPS) is 21.7. The lowest BCUT2D eigenvalue weighted by atomic mass is 9.99. The van der Waals surface area contributed by atoms with Crippen molar-refractivity contribution in [3.8, 4) is 11.8 Å². The number of alkyl halides is 3. The maximum Gasteiger partial charge on any atom is 0.446 e. The number of nitrogens with zero attached hydrogens (tertiary/aromatic N) is 3. The monoisotopic (exact) mass is 581 g/mol. The first kappa shape index (κ1) is 29.8. The lowest BCUT2D eigenvalue weighted by Gasteiger charge is -2.46. The Morgan fingerprint density at radius 1 is 1.27 bits per heavy atom. The summed E-state index contributed by atoms with van der Waals surface area (Å²) in [5.74, 6) is 0.144. The number of halogens is 4. The number of esters is 1. The number of β-amino-alcohol motifs (C(OH)–C–C–N with tert-alkyl or cyclic N) is 1. The topological polar surface area (TPSA) is 112 Å². The number of aliphatic hydroxyl groups is 1. The van der Waals surface area contributed by atoms with Crippen LogP contribution in [0.2, 0.25) is 5.02 Å². The molecule has 0 saturated carbocycles. The summed E-state index contributed by atoms with van der Waals surface area (Å²) in [6.45, 7) is 4.60. The number of cyclic esters (lactones) is 1. The maximum atomic E-state index is 11.7. The molecule has 2 fully saturated rings. The summed E-state index contributed by atoms with van der Waals surface area (Å²) in [5.41, 5.74) is 3.53. The highest BCUT2D eigenvalue weighted by atomic mass is 35.5. The van der Waals surface area contributed by atoms with Crippen LogP contribution in [0.1, 0.15) is 44.8 Å². The minimum Gasteiger partial charge on any atom is -0.495 e. The number of carbonyl (C=O) groups is 2. The molecule has 0 bridgehead atoms. The Kier molecular flexibility index (Phi) is 9.33. The predicted octanol–water partition coefficient (Wildman–Crippen LogP) is 3.43. The Hall–Kier alpha value is -3.21. The highest BCUT2D eigenvalue weighted by Crippen LogP contribution is 2.33. The van der Waals surface area contributed by atoms with E-state index in [1.807, 2.05) is 18.2 Å². The number of fused-ring (bicyclic) bond motifs is 2. The summed E-state index contributed by atoms with van der Waals surface area (Å²) in [4.78, 5) is 25.1. The van der Waals surface area contributed by atoms with Crippen LogP contribution in [0.5, 0.6) is 5.75 Å². The van der Waals surface area contributed by atoms with E-state index in [0.717, 1.165) is 37.3 Å². The molecule has 3 aliphatic rings. The first-order chi connectivity index (χ1) is 19.0. The van der Waals surface area contributed by atoms with E-state index < -0.39 is 18.6 Å². The van der Waals surface area contributed by atoms with Crippen LogP contribution in [0, 0.1) is 11.3 Å². The van der Waals surface area contributed by atoms with Gasteiger partial charge in [0.1, 0.15) is 18.4 Å². The number of hydrogen-bond donors (Lipinski definition) is 1. The van der Waals surface area contributed by atoms with Gasteiger partial charge >= 0.3 is 12.1 Å². The van der Waals surface area contributed by atoms with E-state index in [2.05, 4.69) is 15.9 Å². The molecule has 0 amide bonds. The van der Waals surface area contributed by atoms with Crippen LogP contribution >= 0.6 is 11.6 Å². The zero-order valence-electron chi connectivity index (χ0n) is 21.5. The van der Waals surface area contributed by atoms with Gasteiger partial charge in [0.2, 0.25) is 6.29 Å². The van der Waals surface area contributed by atoms with Crippen molar-refractivity contribution in [2.75, 3.05) is 46.4 Å². The van der Waals surface area contributed by atoms with Crippen LogP contribution in [0.3, 0.4) is 0 Å². The number of methoxy groups -OCH3 is 1. The molecule has 5 rings (SSSR count). The Morgan fingerprint density at radius 2 is 2.02 bits per heavy atom. The second-order valence-electron chi connectivity index (χ2n) is 9.58. The molecule has 2 saturated heterocycles. The molecule has 2 aromatic carbocycles. The number of hydrogen-bond acceptors (Lipinski definition) is 9. The van der Waals surface area contributed by atoms with Gasteiger partial charge in [-0.3, -0.25) is 14.6 Å². The van der Waals surface area contributed by atoms with E-state index in [-0.39, 0.29) is 18.1 Å². The van der Waals surface area contributed by atoms with E-state index in [4.69, 9.17) is 30.6 Å². The third-order valence-corrected chi connectivity index (χ3v) is 7.35. The van der Waals surface area contributed by atoms with Gasteiger partial charge in [-0.25, -0.2) is 4.79 Å². The molecule has 0 aromatic heterocycles. The SMILES string of the molecule is COc1cc(C(O)CN2CCN3C[C@@H](c4ccc5c(c4)COC5=O)OC[C@@H]3C2)c(Cl)cc1C#N.O=CC(F)(F)F. The Morgan fingerprint density at radius 3 is 2.70 bits per heavy atom. The molecule has 9 nitrogen and oxygen atoms in total. The van der Waals surface area contributed by atoms with Gasteiger partial charge < -0.3 is 19.3 Å². The smallest absolute Gasteiger partial charge is 0.446 e. The molecule has 3 aliphatic heterocycles. The van der Waals surface area contributed by atoms with Gasteiger partial charge in [0, 0.05) is 54.9 Å². The van der Waals surface area contributed by atoms with Crippen molar-refractivity contribution in [3.05, 3.63) is 63.2 Å². The summed E-state index contributed by atoms with van der Waals surface area (Å²) in [6, 6.07) is 11.3. The fourth-order valence-electron chi connectivity index (χ4n) is 4.99. The number of aliphatic hydroxyl groups excluding tert-OH is 1. The fourth-order valence-corrected chi connectivity index (χ4v) is 5.28. The second-order valence-corrected chi connectivity index (χ2v) is 9.99. The largest absolute Gasteiger partial charge is 0.495 e. The number of aldehydes is 1. The van der Waals surface area contributed by atoms with Crippen molar-refractivity contribution in [3.63, 3.8) is 0 Å². The van der Waals surface area contributed by atoms with E-state index in [1.165, 1.54) is 13.2 Å². The zero-order valence-corrected chi connectivity index (χ0v) is 22.2. The van der Waals surface area contributed by atoms with E-state index in [0.29, 0.717) is 47.2 Å². The van der Waals surface area contributed by atoms with E-state index >= 15 is 0 Å². The Balaban J connectivity index is 0.000000557. The van der Waals surface area contributed by atoms with Crippen LogP contribution in [0.15, 0.2) is 30.3 Å². The van der Waals surface area contributed by atoms with Gasteiger partial charge in [-0.15, -0.1) is 0 Å².